The predicted octanol–water partition coefficient (Wildman–Crippen LogP) is 3.32. The molecule has 1 atom stereocenters. The second kappa shape index (κ2) is 8.35. The lowest BCUT2D eigenvalue weighted by atomic mass is 9.92. The first kappa shape index (κ1) is 15.4. The van der Waals surface area contributed by atoms with Crippen molar-refractivity contribution in [3.63, 3.8) is 0 Å². The van der Waals surface area contributed by atoms with Crippen LogP contribution in [0.3, 0.4) is 0 Å². The van der Waals surface area contributed by atoms with Crippen molar-refractivity contribution >= 4 is 0 Å². The summed E-state index contributed by atoms with van der Waals surface area (Å²) in [5.74, 6) is 6.19. The lowest BCUT2D eigenvalue weighted by molar-refractivity contribution is 0.0630. The van der Waals surface area contributed by atoms with Gasteiger partial charge in [-0.2, -0.15) is 0 Å². The van der Waals surface area contributed by atoms with Gasteiger partial charge in [-0.25, -0.2) is 4.39 Å². The Morgan fingerprint density at radius 3 is 2.70 bits per heavy atom. The molecule has 112 valence electrons. The van der Waals surface area contributed by atoms with E-state index in [1.807, 2.05) is 6.07 Å². The summed E-state index contributed by atoms with van der Waals surface area (Å²) in [6, 6.07) is 6.76. The van der Waals surface area contributed by atoms with Crippen molar-refractivity contribution in [3.05, 3.63) is 35.6 Å². The number of rotatable bonds is 7. The molecular formula is C16H25FN2O. The molecule has 0 spiro atoms. The summed E-state index contributed by atoms with van der Waals surface area (Å²) in [5, 5.41) is 0. The molecule has 0 aromatic heterocycles. The number of halogens is 1. The highest BCUT2D eigenvalue weighted by molar-refractivity contribution is 5.20. The van der Waals surface area contributed by atoms with Crippen LogP contribution in [0.15, 0.2) is 24.3 Å². The minimum atomic E-state index is -0.181. The maximum Gasteiger partial charge on any atom is 0.128 e. The molecule has 4 heteroatoms. The van der Waals surface area contributed by atoms with E-state index in [2.05, 4.69) is 5.43 Å². The third-order valence-corrected chi connectivity index (χ3v) is 4.18. The molecule has 1 unspecified atom stereocenters. The number of hydrogen-bond donors (Lipinski definition) is 2. The van der Waals surface area contributed by atoms with Crippen LogP contribution in [-0.4, -0.2) is 13.2 Å². The van der Waals surface area contributed by atoms with Gasteiger partial charge in [0.1, 0.15) is 5.82 Å². The topological polar surface area (TPSA) is 47.3 Å². The Labute approximate surface area is 120 Å². The van der Waals surface area contributed by atoms with Gasteiger partial charge >= 0.3 is 0 Å². The molecule has 2 rings (SSSR count). The van der Waals surface area contributed by atoms with E-state index >= 15 is 0 Å². The smallest absolute Gasteiger partial charge is 0.128 e. The maximum absolute atomic E-state index is 13.7. The van der Waals surface area contributed by atoms with Crippen LogP contribution >= 0.6 is 0 Å². The molecule has 1 aliphatic heterocycles. The first-order valence-corrected chi connectivity index (χ1v) is 7.59. The number of ether oxygens (including phenoxy) is 1. The van der Waals surface area contributed by atoms with Gasteiger partial charge in [0, 0.05) is 24.8 Å². The molecule has 1 heterocycles. The Balaban J connectivity index is 1.72. The average Bonchev–Trinajstić information content (AvgIpc) is 2.50. The minimum Gasteiger partial charge on any atom is -0.381 e. The Morgan fingerprint density at radius 2 is 2.00 bits per heavy atom. The second-order valence-corrected chi connectivity index (χ2v) is 5.58. The molecule has 1 saturated heterocycles. The zero-order chi connectivity index (χ0) is 14.2. The largest absolute Gasteiger partial charge is 0.381 e. The van der Waals surface area contributed by atoms with Gasteiger partial charge in [-0.05, 0) is 31.2 Å². The Hall–Kier alpha value is -0.970. The minimum absolute atomic E-state index is 0.0918. The van der Waals surface area contributed by atoms with Crippen LogP contribution in [0.5, 0.6) is 0 Å². The van der Waals surface area contributed by atoms with Crippen LogP contribution in [0.2, 0.25) is 0 Å². The van der Waals surface area contributed by atoms with E-state index < -0.39 is 0 Å². The summed E-state index contributed by atoms with van der Waals surface area (Å²) in [5.41, 5.74) is 3.41. The molecule has 0 amide bonds. The average molecular weight is 280 g/mol. The summed E-state index contributed by atoms with van der Waals surface area (Å²) in [7, 11) is 0. The van der Waals surface area contributed by atoms with Crippen LogP contribution in [0.4, 0.5) is 4.39 Å². The third kappa shape index (κ3) is 4.54. The third-order valence-electron chi connectivity index (χ3n) is 4.18. The fraction of sp³-hybridized carbons (Fsp3) is 0.625. The van der Waals surface area contributed by atoms with Gasteiger partial charge in [-0.3, -0.25) is 11.3 Å². The Morgan fingerprint density at radius 1 is 1.25 bits per heavy atom. The number of unbranched alkanes of at least 4 members (excludes halogenated alkanes) is 1. The van der Waals surface area contributed by atoms with Crippen molar-refractivity contribution in [3.8, 4) is 0 Å². The first-order chi connectivity index (χ1) is 9.81. The summed E-state index contributed by atoms with van der Waals surface area (Å²) < 4.78 is 19.1. The summed E-state index contributed by atoms with van der Waals surface area (Å²) in [6.07, 6.45) is 6.74. The quantitative estimate of drug-likeness (QED) is 0.457. The standard InChI is InChI=1S/C16H25FN2O/c17-15-7-3-2-6-14(15)16(19-18)8-4-1-5-13-9-11-20-12-10-13/h2-3,6-7,13,16,19H,1,4-5,8-12,18H2. The van der Waals surface area contributed by atoms with Gasteiger partial charge in [0.15, 0.2) is 0 Å². The zero-order valence-electron chi connectivity index (χ0n) is 12.0. The molecule has 3 nitrogen and oxygen atoms in total. The zero-order valence-corrected chi connectivity index (χ0v) is 12.0. The highest BCUT2D eigenvalue weighted by Gasteiger charge is 2.15. The first-order valence-electron chi connectivity index (χ1n) is 7.59. The highest BCUT2D eigenvalue weighted by atomic mass is 19.1. The van der Waals surface area contributed by atoms with Crippen LogP contribution in [0.25, 0.3) is 0 Å². The van der Waals surface area contributed by atoms with Crippen LogP contribution in [0, 0.1) is 11.7 Å². The number of nitrogens with one attached hydrogen (secondary N) is 1. The van der Waals surface area contributed by atoms with Crippen molar-refractivity contribution in [2.45, 2.75) is 44.6 Å². The molecule has 3 N–H and O–H groups in total. The van der Waals surface area contributed by atoms with Crippen LogP contribution in [-0.2, 0) is 4.74 Å². The lowest BCUT2D eigenvalue weighted by Crippen LogP contribution is -2.28. The van der Waals surface area contributed by atoms with Gasteiger partial charge in [0.25, 0.3) is 0 Å². The molecule has 0 aliphatic carbocycles. The maximum atomic E-state index is 13.7. The molecule has 1 aromatic rings. The molecule has 1 aliphatic rings. The van der Waals surface area contributed by atoms with Gasteiger partial charge in [0.2, 0.25) is 0 Å². The van der Waals surface area contributed by atoms with E-state index in [1.54, 1.807) is 12.1 Å². The summed E-state index contributed by atoms with van der Waals surface area (Å²) in [6.45, 7) is 1.82. The fourth-order valence-electron chi connectivity index (χ4n) is 2.90. The fourth-order valence-corrected chi connectivity index (χ4v) is 2.90. The van der Waals surface area contributed by atoms with Crippen molar-refractivity contribution in [1.29, 1.82) is 0 Å². The number of hydrazine groups is 1. The van der Waals surface area contributed by atoms with E-state index in [9.17, 15) is 4.39 Å². The second-order valence-electron chi connectivity index (χ2n) is 5.58. The van der Waals surface area contributed by atoms with Gasteiger partial charge < -0.3 is 4.74 Å². The van der Waals surface area contributed by atoms with E-state index in [0.717, 1.165) is 32.0 Å². The van der Waals surface area contributed by atoms with Crippen LogP contribution < -0.4 is 11.3 Å². The van der Waals surface area contributed by atoms with Crippen molar-refractivity contribution in [2.75, 3.05) is 13.2 Å². The molecule has 20 heavy (non-hydrogen) atoms. The van der Waals surface area contributed by atoms with E-state index in [4.69, 9.17) is 10.6 Å². The molecule has 0 saturated carbocycles. The monoisotopic (exact) mass is 280 g/mol. The summed E-state index contributed by atoms with van der Waals surface area (Å²) >= 11 is 0. The molecule has 1 aromatic carbocycles. The number of benzene rings is 1. The van der Waals surface area contributed by atoms with Crippen molar-refractivity contribution in [1.82, 2.24) is 5.43 Å². The van der Waals surface area contributed by atoms with Gasteiger partial charge in [0.05, 0.1) is 0 Å². The van der Waals surface area contributed by atoms with E-state index in [-0.39, 0.29) is 11.9 Å². The molecule has 0 bridgehead atoms. The predicted molar refractivity (Wildman–Crippen MR) is 78.5 cm³/mol. The highest BCUT2D eigenvalue weighted by Crippen LogP contribution is 2.25. The number of nitrogens with two attached hydrogens (primary N) is 1. The lowest BCUT2D eigenvalue weighted by Gasteiger charge is -2.22. The van der Waals surface area contributed by atoms with Crippen molar-refractivity contribution in [2.24, 2.45) is 11.8 Å². The SMILES string of the molecule is NNC(CCCCC1CCOCC1)c1ccccc1F. The van der Waals surface area contributed by atoms with E-state index in [1.165, 1.54) is 31.7 Å². The van der Waals surface area contributed by atoms with Gasteiger partial charge in [-0.1, -0.05) is 37.5 Å². The van der Waals surface area contributed by atoms with E-state index in [0.29, 0.717) is 5.56 Å². The summed E-state index contributed by atoms with van der Waals surface area (Å²) in [4.78, 5) is 0. The van der Waals surface area contributed by atoms with Crippen molar-refractivity contribution < 1.29 is 9.13 Å². The number of hydrogen-bond acceptors (Lipinski definition) is 3. The molecule has 1 fully saturated rings. The van der Waals surface area contributed by atoms with Gasteiger partial charge in [-0.15, -0.1) is 0 Å². The normalized spacial score (nSPS) is 18.1. The van der Waals surface area contributed by atoms with Crippen LogP contribution in [0.1, 0.15) is 50.1 Å². The Kier molecular flexibility index (Phi) is 6.43. The molecule has 0 radical (unpaired) electrons. The Bertz CT molecular complexity index is 394. The molecular weight excluding hydrogens is 255 g/mol.